The molecule has 0 radical (unpaired) electrons. The van der Waals surface area contributed by atoms with Crippen LogP contribution >= 0.6 is 0 Å². The summed E-state index contributed by atoms with van der Waals surface area (Å²) in [5, 5.41) is 24.1. The zero-order valence-electron chi connectivity index (χ0n) is 10.4. The van der Waals surface area contributed by atoms with Crippen molar-refractivity contribution in [2.24, 2.45) is 0 Å². The van der Waals surface area contributed by atoms with Gasteiger partial charge in [0.05, 0.1) is 0 Å². The number of aromatic amines is 2. The van der Waals surface area contributed by atoms with E-state index in [9.17, 15) is 24.6 Å². The number of hydrogen-bond donors (Lipinski definition) is 5. The monoisotopic (exact) mass is 287 g/mol. The molecule has 1 aromatic heterocycles. The number of carbonyl (C=O) groups is 1. The molecule has 1 aliphatic heterocycles. The fourth-order valence-electron chi connectivity index (χ4n) is 3.11. The van der Waals surface area contributed by atoms with Crippen LogP contribution in [-0.2, 0) is 11.3 Å². The van der Waals surface area contributed by atoms with E-state index in [2.05, 4.69) is 10.3 Å². The van der Waals surface area contributed by atoms with Crippen LogP contribution < -0.4 is 16.6 Å². The molecule has 2 heterocycles. The Labute approximate surface area is 116 Å². The molecule has 0 spiro atoms. The molecule has 2 aromatic rings. The van der Waals surface area contributed by atoms with E-state index >= 15 is 0 Å². The normalized spacial score (nSPS) is 28.8. The Balaban J connectivity index is 2.13. The molecule has 2 aliphatic rings. The van der Waals surface area contributed by atoms with Crippen LogP contribution in [0.25, 0.3) is 0 Å². The molecule has 5 N–H and O–H groups in total. The number of carbonyl (C=O) groups excluding carboxylic acids is 1. The minimum atomic E-state index is -2.48. The molecule has 1 aliphatic carbocycles. The standard InChI is InChI=1S/C13H9N3O5/c17-8-5-3-1-2-4-6(5)13(21)12(8,20)7-9(16-13)14-11(19)15-10(7)18/h1-4,20-21H,(H3,14,15,16,18,19)/t12-,13-/m0/s1. The number of hydrogen-bond acceptors (Lipinski definition) is 6. The summed E-state index contributed by atoms with van der Waals surface area (Å²) in [6.45, 7) is 0. The van der Waals surface area contributed by atoms with Gasteiger partial charge in [-0.3, -0.25) is 19.6 Å². The van der Waals surface area contributed by atoms with Gasteiger partial charge in [-0.2, -0.15) is 0 Å². The van der Waals surface area contributed by atoms with Gasteiger partial charge in [-0.15, -0.1) is 0 Å². The molecule has 8 heteroatoms. The number of rotatable bonds is 0. The zero-order valence-corrected chi connectivity index (χ0v) is 10.4. The van der Waals surface area contributed by atoms with E-state index < -0.39 is 33.9 Å². The van der Waals surface area contributed by atoms with E-state index in [1.807, 2.05) is 4.98 Å². The Kier molecular flexibility index (Phi) is 1.90. The second-order valence-corrected chi connectivity index (χ2v) is 5.08. The molecule has 8 nitrogen and oxygen atoms in total. The first-order valence-corrected chi connectivity index (χ1v) is 6.14. The lowest BCUT2D eigenvalue weighted by atomic mass is 9.88. The average molecular weight is 287 g/mol. The van der Waals surface area contributed by atoms with Crippen LogP contribution in [0.1, 0.15) is 21.5 Å². The Bertz CT molecular complexity index is 930. The van der Waals surface area contributed by atoms with Gasteiger partial charge in [-0.05, 0) is 0 Å². The average Bonchev–Trinajstić information content (AvgIpc) is 2.75. The van der Waals surface area contributed by atoms with E-state index in [1.54, 1.807) is 12.1 Å². The maximum Gasteiger partial charge on any atom is 0.327 e. The van der Waals surface area contributed by atoms with Crippen LogP contribution in [0.3, 0.4) is 0 Å². The predicted molar refractivity (Wildman–Crippen MR) is 69.9 cm³/mol. The van der Waals surface area contributed by atoms with Crippen LogP contribution in [0.2, 0.25) is 0 Å². The number of aliphatic hydroxyl groups is 2. The number of nitrogens with one attached hydrogen (secondary N) is 3. The van der Waals surface area contributed by atoms with E-state index in [4.69, 9.17) is 0 Å². The topological polar surface area (TPSA) is 135 Å². The summed E-state index contributed by atoms with van der Waals surface area (Å²) in [5.74, 6) is -0.971. The van der Waals surface area contributed by atoms with E-state index in [0.29, 0.717) is 0 Å². The number of H-pyrrole nitrogens is 2. The molecule has 2 atom stereocenters. The van der Waals surface area contributed by atoms with Crippen molar-refractivity contribution >= 4 is 11.6 Å². The maximum atomic E-state index is 12.5. The van der Waals surface area contributed by atoms with Crippen LogP contribution in [0.5, 0.6) is 0 Å². The summed E-state index contributed by atoms with van der Waals surface area (Å²) in [5.41, 5.74) is -6.55. The molecule has 0 amide bonds. The second kappa shape index (κ2) is 3.30. The molecule has 1 aromatic carbocycles. The smallest absolute Gasteiger partial charge is 0.327 e. The Morgan fingerprint density at radius 3 is 2.48 bits per heavy atom. The van der Waals surface area contributed by atoms with Crippen LogP contribution in [0, 0.1) is 0 Å². The van der Waals surface area contributed by atoms with Gasteiger partial charge in [0.25, 0.3) is 5.56 Å². The second-order valence-electron chi connectivity index (χ2n) is 5.08. The molecule has 106 valence electrons. The summed E-state index contributed by atoms with van der Waals surface area (Å²) < 4.78 is 0. The van der Waals surface area contributed by atoms with Crippen molar-refractivity contribution in [1.29, 1.82) is 0 Å². The maximum absolute atomic E-state index is 12.5. The van der Waals surface area contributed by atoms with E-state index in [-0.39, 0.29) is 16.9 Å². The minimum absolute atomic E-state index is 0.117. The number of Topliss-reactive ketones (excluding diaryl/α,β-unsaturated/α-hetero) is 1. The lowest BCUT2D eigenvalue weighted by molar-refractivity contribution is -0.101. The van der Waals surface area contributed by atoms with Crippen molar-refractivity contribution in [1.82, 2.24) is 9.97 Å². The molecule has 4 rings (SSSR count). The molecule has 0 unspecified atom stereocenters. The molecular weight excluding hydrogens is 278 g/mol. The lowest BCUT2D eigenvalue weighted by Gasteiger charge is -2.29. The number of ketones is 1. The highest BCUT2D eigenvalue weighted by Crippen LogP contribution is 2.54. The highest BCUT2D eigenvalue weighted by Gasteiger charge is 2.69. The quantitative estimate of drug-likeness (QED) is 0.409. The van der Waals surface area contributed by atoms with Crippen molar-refractivity contribution in [3.8, 4) is 0 Å². The fourth-order valence-corrected chi connectivity index (χ4v) is 3.11. The highest BCUT2D eigenvalue weighted by molar-refractivity contribution is 6.11. The summed E-state index contributed by atoms with van der Waals surface area (Å²) in [6.07, 6.45) is 0. The van der Waals surface area contributed by atoms with Gasteiger partial charge in [0.2, 0.25) is 17.1 Å². The third-order valence-corrected chi connectivity index (χ3v) is 4.02. The highest BCUT2D eigenvalue weighted by atomic mass is 16.4. The molecular formula is C13H9N3O5. The number of benzene rings is 1. The fraction of sp³-hybridized carbons (Fsp3) is 0.154. The third-order valence-electron chi connectivity index (χ3n) is 4.02. The Morgan fingerprint density at radius 2 is 1.71 bits per heavy atom. The van der Waals surface area contributed by atoms with Crippen LogP contribution in [0.15, 0.2) is 33.9 Å². The van der Waals surface area contributed by atoms with Crippen molar-refractivity contribution in [2.75, 3.05) is 5.32 Å². The zero-order chi connectivity index (χ0) is 15.0. The molecule has 0 saturated carbocycles. The van der Waals surface area contributed by atoms with Crippen LogP contribution in [-0.4, -0.2) is 26.0 Å². The molecule has 0 fully saturated rings. The number of fused-ring (bicyclic) bond motifs is 5. The van der Waals surface area contributed by atoms with Gasteiger partial charge in [-0.1, -0.05) is 24.3 Å². The summed E-state index contributed by atoms with van der Waals surface area (Å²) in [7, 11) is 0. The minimum Gasteiger partial charge on any atom is -0.372 e. The van der Waals surface area contributed by atoms with Crippen molar-refractivity contribution in [3.05, 3.63) is 61.8 Å². The first-order chi connectivity index (χ1) is 9.89. The van der Waals surface area contributed by atoms with Gasteiger partial charge >= 0.3 is 5.69 Å². The van der Waals surface area contributed by atoms with Gasteiger partial charge in [0.1, 0.15) is 11.4 Å². The van der Waals surface area contributed by atoms with E-state index in [0.717, 1.165) is 0 Å². The van der Waals surface area contributed by atoms with Gasteiger partial charge in [0.15, 0.2) is 0 Å². The third kappa shape index (κ3) is 1.11. The van der Waals surface area contributed by atoms with Gasteiger partial charge in [-0.25, -0.2) is 4.79 Å². The van der Waals surface area contributed by atoms with Crippen molar-refractivity contribution in [2.45, 2.75) is 11.3 Å². The Morgan fingerprint density at radius 1 is 1.00 bits per heavy atom. The molecule has 0 bridgehead atoms. The SMILES string of the molecule is O=C1c2ccccc2[C@@]2(O)Nc3[nH]c(=O)[nH]c(=O)c3[C@]12O. The molecule has 21 heavy (non-hydrogen) atoms. The van der Waals surface area contributed by atoms with Gasteiger partial charge in [0, 0.05) is 11.1 Å². The number of anilines is 1. The summed E-state index contributed by atoms with van der Waals surface area (Å²) >= 11 is 0. The number of aromatic nitrogens is 2. The summed E-state index contributed by atoms with van der Waals surface area (Å²) in [6, 6.07) is 6.10. The van der Waals surface area contributed by atoms with Crippen molar-refractivity contribution < 1.29 is 15.0 Å². The van der Waals surface area contributed by atoms with Crippen molar-refractivity contribution in [3.63, 3.8) is 0 Å². The molecule has 0 saturated heterocycles. The van der Waals surface area contributed by atoms with Crippen LogP contribution in [0.4, 0.5) is 5.82 Å². The first kappa shape index (κ1) is 12.1. The predicted octanol–water partition coefficient (Wildman–Crippen LogP) is -1.28. The van der Waals surface area contributed by atoms with Gasteiger partial charge < -0.3 is 15.5 Å². The first-order valence-electron chi connectivity index (χ1n) is 6.14. The van der Waals surface area contributed by atoms with E-state index in [1.165, 1.54) is 12.1 Å². The Hall–Kier alpha value is -2.71. The largest absolute Gasteiger partial charge is 0.372 e. The lowest BCUT2D eigenvalue weighted by Crippen LogP contribution is -2.51. The summed E-state index contributed by atoms with van der Waals surface area (Å²) in [4.78, 5) is 40.0.